The highest BCUT2D eigenvalue weighted by molar-refractivity contribution is 5.84. The van der Waals surface area contributed by atoms with Crippen LogP contribution in [0.15, 0.2) is 24.3 Å². The number of rotatable bonds is 5. The molecule has 0 aliphatic carbocycles. The molecule has 0 saturated heterocycles. The normalized spacial score (nSPS) is 12.0. The van der Waals surface area contributed by atoms with Crippen LogP contribution in [0.4, 0.5) is 4.39 Å². The Morgan fingerprint density at radius 3 is 2.48 bits per heavy atom. The van der Waals surface area contributed by atoms with E-state index in [1.807, 2.05) is 6.92 Å². The van der Waals surface area contributed by atoms with E-state index in [2.05, 4.69) is 10.4 Å². The summed E-state index contributed by atoms with van der Waals surface area (Å²) in [7, 11) is 0. The highest BCUT2D eigenvalue weighted by atomic mass is 19.1. The van der Waals surface area contributed by atoms with E-state index in [-0.39, 0.29) is 18.1 Å². The topological polar surface area (TPSA) is 84.2 Å². The average Bonchev–Trinajstić information content (AvgIpc) is 2.76. The minimum absolute atomic E-state index is 0.0382. The molecule has 1 aromatic carbocycles. The van der Waals surface area contributed by atoms with Crippen molar-refractivity contribution < 1.29 is 19.1 Å². The molecule has 6 nitrogen and oxygen atoms in total. The molecule has 0 radical (unpaired) electrons. The number of carboxylic acid groups (broad SMARTS) is 1. The summed E-state index contributed by atoms with van der Waals surface area (Å²) in [6, 6.07) is 4.94. The van der Waals surface area contributed by atoms with Gasteiger partial charge >= 0.3 is 5.97 Å². The molecular weight excluding hydrogens is 301 g/mol. The third kappa shape index (κ3) is 3.74. The lowest BCUT2D eigenvalue weighted by Crippen LogP contribution is -2.39. The van der Waals surface area contributed by atoms with E-state index in [9.17, 15) is 14.0 Å². The molecule has 1 atom stereocenters. The number of aryl methyl sites for hydroxylation is 1. The largest absolute Gasteiger partial charge is 0.480 e. The molecule has 2 rings (SSSR count). The first kappa shape index (κ1) is 16.7. The summed E-state index contributed by atoms with van der Waals surface area (Å²) in [6.45, 7) is 4.99. The Morgan fingerprint density at radius 1 is 1.30 bits per heavy atom. The van der Waals surface area contributed by atoms with Crippen LogP contribution in [0.5, 0.6) is 0 Å². The number of aliphatic carboxylic acids is 1. The van der Waals surface area contributed by atoms with Crippen molar-refractivity contribution in [3.63, 3.8) is 0 Å². The monoisotopic (exact) mass is 319 g/mol. The maximum Gasteiger partial charge on any atom is 0.325 e. The van der Waals surface area contributed by atoms with Crippen LogP contribution in [0.3, 0.4) is 0 Å². The van der Waals surface area contributed by atoms with E-state index in [1.54, 1.807) is 23.7 Å². The van der Waals surface area contributed by atoms with Crippen LogP contribution in [0.1, 0.15) is 23.9 Å². The average molecular weight is 319 g/mol. The zero-order chi connectivity index (χ0) is 17.1. The molecule has 2 aromatic rings. The molecule has 1 unspecified atom stereocenters. The van der Waals surface area contributed by atoms with Crippen molar-refractivity contribution in [2.24, 2.45) is 0 Å². The lowest BCUT2D eigenvalue weighted by atomic mass is 10.1. The minimum atomic E-state index is -1.09. The van der Waals surface area contributed by atoms with E-state index in [4.69, 9.17) is 5.11 Å². The number of nitrogens with one attached hydrogen (secondary N) is 1. The quantitative estimate of drug-likeness (QED) is 0.879. The van der Waals surface area contributed by atoms with Gasteiger partial charge in [-0.2, -0.15) is 5.10 Å². The first-order chi connectivity index (χ1) is 10.8. The highest BCUT2D eigenvalue weighted by Gasteiger charge is 2.19. The molecule has 1 heterocycles. The molecule has 0 aliphatic rings. The van der Waals surface area contributed by atoms with Crippen molar-refractivity contribution in [2.45, 2.75) is 33.2 Å². The zero-order valence-corrected chi connectivity index (χ0v) is 13.1. The number of nitrogens with zero attached hydrogens (tertiary/aromatic N) is 2. The second kappa shape index (κ2) is 6.60. The first-order valence-corrected chi connectivity index (χ1v) is 7.12. The molecule has 122 valence electrons. The van der Waals surface area contributed by atoms with Crippen LogP contribution < -0.4 is 5.32 Å². The van der Waals surface area contributed by atoms with Gasteiger partial charge in [-0.15, -0.1) is 0 Å². The second-order valence-corrected chi connectivity index (χ2v) is 5.34. The van der Waals surface area contributed by atoms with Gasteiger partial charge in [0.1, 0.15) is 11.9 Å². The first-order valence-electron chi connectivity index (χ1n) is 7.12. The Hall–Kier alpha value is -2.70. The lowest BCUT2D eigenvalue weighted by molar-refractivity contribution is -0.141. The number of hydrogen-bond donors (Lipinski definition) is 2. The maximum absolute atomic E-state index is 13.0. The molecular formula is C16H18FN3O3. The van der Waals surface area contributed by atoms with Gasteiger partial charge in [0.15, 0.2) is 0 Å². The zero-order valence-electron chi connectivity index (χ0n) is 13.1. The van der Waals surface area contributed by atoms with Crippen LogP contribution in [0.2, 0.25) is 0 Å². The number of aromatic nitrogens is 2. The van der Waals surface area contributed by atoms with E-state index in [0.29, 0.717) is 11.4 Å². The smallest absolute Gasteiger partial charge is 0.325 e. The van der Waals surface area contributed by atoms with Crippen LogP contribution >= 0.6 is 0 Å². The molecule has 0 spiro atoms. The summed E-state index contributed by atoms with van der Waals surface area (Å²) in [5.74, 6) is -1.81. The summed E-state index contributed by atoms with van der Waals surface area (Å²) in [5.41, 5.74) is 2.85. The molecule has 0 bridgehead atoms. The van der Waals surface area contributed by atoms with Crippen molar-refractivity contribution >= 4 is 11.9 Å². The lowest BCUT2D eigenvalue weighted by Gasteiger charge is -2.09. The van der Waals surface area contributed by atoms with Crippen LogP contribution in [0, 0.1) is 19.7 Å². The molecule has 0 fully saturated rings. The Bertz CT molecular complexity index is 738. The van der Waals surface area contributed by atoms with Gasteiger partial charge in [0.2, 0.25) is 5.91 Å². The highest BCUT2D eigenvalue weighted by Crippen LogP contribution is 2.18. The molecule has 1 aromatic heterocycles. The number of hydrogen-bond acceptors (Lipinski definition) is 3. The van der Waals surface area contributed by atoms with Gasteiger partial charge < -0.3 is 10.4 Å². The number of halogens is 1. The van der Waals surface area contributed by atoms with Crippen molar-refractivity contribution in [3.05, 3.63) is 47.0 Å². The predicted octanol–water partition coefficient (Wildman–Crippen LogP) is 1.76. The van der Waals surface area contributed by atoms with Gasteiger partial charge in [-0.25, -0.2) is 9.07 Å². The van der Waals surface area contributed by atoms with E-state index < -0.39 is 12.0 Å². The third-order valence-electron chi connectivity index (χ3n) is 3.60. The molecule has 0 saturated carbocycles. The standard InChI is InChI=1S/C16H18FN3O3/c1-9-14(8-15(21)18-10(2)16(22)23)11(3)20(19-9)13-6-4-12(17)5-7-13/h4-7,10H,8H2,1-3H3,(H,18,21)(H,22,23). The molecule has 2 N–H and O–H groups in total. The van der Waals surface area contributed by atoms with Gasteiger partial charge in [0.25, 0.3) is 0 Å². The van der Waals surface area contributed by atoms with Gasteiger partial charge in [-0.1, -0.05) is 0 Å². The fraction of sp³-hybridized carbons (Fsp3) is 0.312. The second-order valence-electron chi connectivity index (χ2n) is 5.34. The maximum atomic E-state index is 13.0. The Labute approximate surface area is 132 Å². The Balaban J connectivity index is 2.22. The van der Waals surface area contributed by atoms with Crippen molar-refractivity contribution in [2.75, 3.05) is 0 Å². The number of carboxylic acids is 1. The van der Waals surface area contributed by atoms with E-state index in [1.165, 1.54) is 19.1 Å². The molecule has 0 aliphatic heterocycles. The Kier molecular flexibility index (Phi) is 4.78. The van der Waals surface area contributed by atoms with Crippen molar-refractivity contribution in [1.82, 2.24) is 15.1 Å². The SMILES string of the molecule is Cc1nn(-c2ccc(F)cc2)c(C)c1CC(=O)NC(C)C(=O)O. The number of benzene rings is 1. The summed E-state index contributed by atoms with van der Waals surface area (Å²) >= 11 is 0. The minimum Gasteiger partial charge on any atom is -0.480 e. The van der Waals surface area contributed by atoms with Crippen molar-refractivity contribution in [3.8, 4) is 5.69 Å². The third-order valence-corrected chi connectivity index (χ3v) is 3.60. The number of carbonyl (C=O) groups is 2. The molecule has 7 heteroatoms. The van der Waals surface area contributed by atoms with Crippen molar-refractivity contribution in [1.29, 1.82) is 0 Å². The molecule has 23 heavy (non-hydrogen) atoms. The molecule has 1 amide bonds. The van der Waals surface area contributed by atoms with Gasteiger partial charge in [-0.3, -0.25) is 9.59 Å². The van der Waals surface area contributed by atoms with Crippen LogP contribution in [-0.4, -0.2) is 32.8 Å². The van der Waals surface area contributed by atoms with Gasteiger partial charge in [-0.05, 0) is 45.0 Å². The van der Waals surface area contributed by atoms with Crippen LogP contribution in [0.25, 0.3) is 5.69 Å². The van der Waals surface area contributed by atoms with E-state index >= 15 is 0 Å². The van der Waals surface area contributed by atoms with Gasteiger partial charge in [0, 0.05) is 11.3 Å². The predicted molar refractivity (Wildman–Crippen MR) is 81.9 cm³/mol. The summed E-state index contributed by atoms with van der Waals surface area (Å²) in [5, 5.41) is 15.6. The number of amides is 1. The summed E-state index contributed by atoms with van der Waals surface area (Å²) in [4.78, 5) is 22.7. The number of carbonyl (C=O) groups excluding carboxylic acids is 1. The van der Waals surface area contributed by atoms with E-state index in [0.717, 1.165) is 11.3 Å². The fourth-order valence-electron chi connectivity index (χ4n) is 2.28. The van der Waals surface area contributed by atoms with Crippen LogP contribution in [-0.2, 0) is 16.0 Å². The Morgan fingerprint density at radius 2 is 1.91 bits per heavy atom. The van der Waals surface area contributed by atoms with Gasteiger partial charge in [0.05, 0.1) is 17.8 Å². The summed E-state index contributed by atoms with van der Waals surface area (Å²) < 4.78 is 14.7. The fourth-order valence-corrected chi connectivity index (χ4v) is 2.28. The summed E-state index contributed by atoms with van der Waals surface area (Å²) in [6.07, 6.45) is 0.0382.